The molecule has 28 heavy (non-hydrogen) atoms. The van der Waals surface area contributed by atoms with Crippen molar-refractivity contribution < 1.29 is 24.9 Å². The van der Waals surface area contributed by atoms with Gasteiger partial charge in [-0.25, -0.2) is 0 Å². The highest BCUT2D eigenvalue weighted by Gasteiger charge is 2.38. The number of carbonyl (C=O) groups is 1. The van der Waals surface area contributed by atoms with Gasteiger partial charge in [0.2, 0.25) is 5.78 Å². The van der Waals surface area contributed by atoms with E-state index in [-0.39, 0.29) is 22.6 Å². The van der Waals surface area contributed by atoms with Crippen LogP contribution in [-0.4, -0.2) is 34.3 Å². The second-order valence-electron chi connectivity index (χ2n) is 6.91. The number of methoxy groups -OCH3 is 1. The molecular weight excluding hydrogens is 356 g/mol. The summed E-state index contributed by atoms with van der Waals surface area (Å²) in [5, 5.41) is 31.7. The maximum absolute atomic E-state index is 12.9. The van der Waals surface area contributed by atoms with E-state index in [9.17, 15) is 20.1 Å². The molecule has 1 aliphatic rings. The van der Waals surface area contributed by atoms with Gasteiger partial charge in [-0.3, -0.25) is 4.79 Å². The van der Waals surface area contributed by atoms with Crippen LogP contribution in [0.25, 0.3) is 0 Å². The van der Waals surface area contributed by atoms with Gasteiger partial charge in [0.25, 0.3) is 0 Å². The van der Waals surface area contributed by atoms with Crippen molar-refractivity contribution in [2.75, 3.05) is 7.11 Å². The largest absolute Gasteiger partial charge is 0.507 e. The molecule has 3 N–H and O–H groups in total. The fraction of sp³-hybridized carbons (Fsp3) is 0.174. The Hall–Kier alpha value is -3.31. The van der Waals surface area contributed by atoms with Crippen molar-refractivity contribution in [2.24, 2.45) is 0 Å². The third-order valence-corrected chi connectivity index (χ3v) is 5.26. The highest BCUT2D eigenvalue weighted by Crippen LogP contribution is 2.44. The number of ether oxygens (including phenoxy) is 1. The summed E-state index contributed by atoms with van der Waals surface area (Å²) in [6, 6.07) is 17.1. The maximum atomic E-state index is 12.9. The second-order valence-corrected chi connectivity index (χ2v) is 6.91. The lowest BCUT2D eigenvalue weighted by Crippen LogP contribution is -2.29. The summed E-state index contributed by atoms with van der Waals surface area (Å²) in [5.41, 5.74) is 2.30. The van der Waals surface area contributed by atoms with E-state index in [1.54, 1.807) is 31.4 Å². The number of hydrogen-bond donors (Lipinski definition) is 3. The fourth-order valence-electron chi connectivity index (χ4n) is 3.96. The van der Waals surface area contributed by atoms with Gasteiger partial charge in [-0.05, 0) is 47.4 Å². The molecule has 142 valence electrons. The molecule has 3 aromatic rings. The molecule has 0 amide bonds. The molecule has 0 aliphatic heterocycles. The van der Waals surface area contributed by atoms with E-state index < -0.39 is 17.8 Å². The number of carbonyl (C=O) groups excluding carboxylic acids is 1. The lowest BCUT2D eigenvalue weighted by molar-refractivity contribution is 0.101. The molecule has 0 saturated carbocycles. The maximum Gasteiger partial charge on any atom is 0.201 e. The zero-order valence-electron chi connectivity index (χ0n) is 15.3. The van der Waals surface area contributed by atoms with Gasteiger partial charge in [-0.2, -0.15) is 0 Å². The highest BCUT2D eigenvalue weighted by atomic mass is 16.5. The number of aromatic hydroxyl groups is 2. The first kappa shape index (κ1) is 18.1. The molecule has 0 radical (unpaired) electrons. The lowest BCUT2D eigenvalue weighted by atomic mass is 9.73. The molecule has 5 nitrogen and oxygen atoms in total. The predicted octanol–water partition coefficient (Wildman–Crippen LogP) is 3.39. The quantitative estimate of drug-likeness (QED) is 0.650. The Bertz CT molecular complexity index is 984. The van der Waals surface area contributed by atoms with Gasteiger partial charge in [0.05, 0.1) is 24.3 Å². The van der Waals surface area contributed by atoms with Crippen LogP contribution in [0.1, 0.15) is 38.5 Å². The third kappa shape index (κ3) is 2.90. The molecule has 1 aliphatic carbocycles. The minimum Gasteiger partial charge on any atom is -0.507 e. The SMILES string of the molecule is COc1ccc(CC(O)C2c3cccc(O)c3C(=O)c3c(O)cccc32)cc1. The van der Waals surface area contributed by atoms with Crippen LogP contribution in [0, 0.1) is 0 Å². The normalized spacial score (nSPS) is 14.3. The lowest BCUT2D eigenvalue weighted by Gasteiger charge is -2.31. The number of aliphatic hydroxyl groups excluding tert-OH is 1. The Balaban J connectivity index is 1.80. The average Bonchev–Trinajstić information content (AvgIpc) is 2.68. The molecule has 0 bridgehead atoms. The van der Waals surface area contributed by atoms with Crippen molar-refractivity contribution in [2.45, 2.75) is 18.4 Å². The van der Waals surface area contributed by atoms with Crippen LogP contribution in [0.5, 0.6) is 17.2 Å². The Kier molecular flexibility index (Phi) is 4.53. The third-order valence-electron chi connectivity index (χ3n) is 5.26. The van der Waals surface area contributed by atoms with Crippen LogP contribution in [-0.2, 0) is 6.42 Å². The molecule has 0 saturated heterocycles. The molecule has 1 unspecified atom stereocenters. The Labute approximate surface area is 162 Å². The van der Waals surface area contributed by atoms with Gasteiger partial charge in [-0.1, -0.05) is 36.4 Å². The van der Waals surface area contributed by atoms with Crippen LogP contribution >= 0.6 is 0 Å². The molecule has 0 aromatic heterocycles. The standard InChI is InChI=1S/C23H20O5/c1-28-14-10-8-13(9-11-14)12-19(26)20-15-4-2-6-17(24)21(15)23(27)22-16(20)5-3-7-18(22)25/h2-11,19-20,24-26H,12H2,1H3. The van der Waals surface area contributed by atoms with E-state index in [4.69, 9.17) is 4.74 Å². The average molecular weight is 376 g/mol. The van der Waals surface area contributed by atoms with Crippen molar-refractivity contribution in [1.82, 2.24) is 0 Å². The minimum absolute atomic E-state index is 0.135. The van der Waals surface area contributed by atoms with Gasteiger partial charge in [0.1, 0.15) is 17.2 Å². The molecule has 0 heterocycles. The summed E-state index contributed by atoms with van der Waals surface area (Å²) in [5.74, 6) is -0.568. The molecule has 4 rings (SSSR count). The summed E-state index contributed by atoms with van der Waals surface area (Å²) in [4.78, 5) is 12.9. The summed E-state index contributed by atoms with van der Waals surface area (Å²) < 4.78 is 5.17. The summed E-state index contributed by atoms with van der Waals surface area (Å²) in [6.07, 6.45) is -0.518. The van der Waals surface area contributed by atoms with Crippen LogP contribution in [0.3, 0.4) is 0 Å². The molecule has 3 aromatic carbocycles. The highest BCUT2D eigenvalue weighted by molar-refractivity contribution is 6.15. The number of phenols is 2. The summed E-state index contributed by atoms with van der Waals surface area (Å²) in [7, 11) is 1.59. The number of aliphatic hydroxyl groups is 1. The number of hydrogen-bond acceptors (Lipinski definition) is 5. The predicted molar refractivity (Wildman–Crippen MR) is 104 cm³/mol. The monoisotopic (exact) mass is 376 g/mol. The second kappa shape index (κ2) is 7.02. The van der Waals surface area contributed by atoms with E-state index >= 15 is 0 Å². The van der Waals surface area contributed by atoms with Crippen molar-refractivity contribution in [1.29, 1.82) is 0 Å². The van der Waals surface area contributed by atoms with E-state index in [1.807, 2.05) is 24.3 Å². The number of fused-ring (bicyclic) bond motifs is 2. The van der Waals surface area contributed by atoms with E-state index in [0.717, 1.165) is 11.3 Å². The zero-order chi connectivity index (χ0) is 19.8. The summed E-state index contributed by atoms with van der Waals surface area (Å²) >= 11 is 0. The Morgan fingerprint density at radius 3 is 1.93 bits per heavy atom. The van der Waals surface area contributed by atoms with Crippen LogP contribution in [0.15, 0.2) is 60.7 Å². The number of ketones is 1. The van der Waals surface area contributed by atoms with E-state index in [2.05, 4.69) is 0 Å². The Morgan fingerprint density at radius 2 is 1.43 bits per heavy atom. The zero-order valence-corrected chi connectivity index (χ0v) is 15.3. The number of benzene rings is 3. The summed E-state index contributed by atoms with van der Waals surface area (Å²) in [6.45, 7) is 0. The smallest absolute Gasteiger partial charge is 0.201 e. The molecular formula is C23H20O5. The van der Waals surface area contributed by atoms with E-state index in [1.165, 1.54) is 12.1 Å². The van der Waals surface area contributed by atoms with Crippen LogP contribution in [0.4, 0.5) is 0 Å². The molecule has 0 fully saturated rings. The van der Waals surface area contributed by atoms with Crippen molar-refractivity contribution in [3.8, 4) is 17.2 Å². The van der Waals surface area contributed by atoms with Crippen molar-refractivity contribution >= 4 is 5.78 Å². The molecule has 5 heteroatoms. The molecule has 1 atom stereocenters. The Morgan fingerprint density at radius 1 is 0.893 bits per heavy atom. The first-order chi connectivity index (χ1) is 13.5. The van der Waals surface area contributed by atoms with Crippen molar-refractivity contribution in [3.63, 3.8) is 0 Å². The van der Waals surface area contributed by atoms with Gasteiger partial charge < -0.3 is 20.1 Å². The van der Waals surface area contributed by atoms with Crippen molar-refractivity contribution in [3.05, 3.63) is 88.5 Å². The van der Waals surface area contributed by atoms with Crippen LogP contribution < -0.4 is 4.74 Å². The first-order valence-corrected chi connectivity index (χ1v) is 9.00. The number of phenolic OH excluding ortho intramolecular Hbond substituents is 2. The first-order valence-electron chi connectivity index (χ1n) is 9.00. The van der Waals surface area contributed by atoms with Crippen LogP contribution in [0.2, 0.25) is 0 Å². The van der Waals surface area contributed by atoms with Gasteiger partial charge in [0, 0.05) is 5.92 Å². The van der Waals surface area contributed by atoms with Gasteiger partial charge >= 0.3 is 0 Å². The number of rotatable bonds is 4. The molecule has 0 spiro atoms. The fourth-order valence-corrected chi connectivity index (χ4v) is 3.96. The van der Waals surface area contributed by atoms with Gasteiger partial charge in [0.15, 0.2) is 0 Å². The van der Waals surface area contributed by atoms with Gasteiger partial charge in [-0.15, -0.1) is 0 Å². The topological polar surface area (TPSA) is 87.0 Å². The van der Waals surface area contributed by atoms with E-state index in [0.29, 0.717) is 17.5 Å². The minimum atomic E-state index is -0.859.